The van der Waals surface area contributed by atoms with E-state index < -0.39 is 12.0 Å². The molecule has 6 nitrogen and oxygen atoms in total. The van der Waals surface area contributed by atoms with E-state index >= 15 is 0 Å². The molecular weight excluding hydrogens is 292 g/mol. The minimum atomic E-state index is -0.671. The predicted octanol–water partition coefficient (Wildman–Crippen LogP) is 1.18. The highest BCUT2D eigenvalue weighted by molar-refractivity contribution is 7.08. The van der Waals surface area contributed by atoms with Crippen molar-refractivity contribution in [3.05, 3.63) is 22.4 Å². The van der Waals surface area contributed by atoms with E-state index in [1.54, 1.807) is 11.4 Å². The minimum absolute atomic E-state index is 0.0678. The average Bonchev–Trinajstić information content (AvgIpc) is 2.97. The Balaban J connectivity index is 2.36. The Bertz CT molecular complexity index is 485. The van der Waals surface area contributed by atoms with Crippen LogP contribution in [0, 0.1) is 5.92 Å². The monoisotopic (exact) mass is 312 g/mol. The molecule has 0 spiro atoms. The second-order valence-corrected chi connectivity index (χ2v) is 5.61. The summed E-state index contributed by atoms with van der Waals surface area (Å²) in [4.78, 5) is 35.0. The number of thiophene rings is 1. The number of amides is 2. The van der Waals surface area contributed by atoms with Gasteiger partial charge >= 0.3 is 5.97 Å². The first-order valence-electron chi connectivity index (χ1n) is 6.63. The van der Waals surface area contributed by atoms with Gasteiger partial charge in [-0.3, -0.25) is 9.59 Å². The van der Waals surface area contributed by atoms with Crippen LogP contribution in [-0.4, -0.2) is 37.5 Å². The van der Waals surface area contributed by atoms with E-state index in [4.69, 9.17) is 0 Å². The smallest absolute Gasteiger partial charge is 0.328 e. The van der Waals surface area contributed by atoms with Crippen LogP contribution in [0.15, 0.2) is 16.8 Å². The molecule has 116 valence electrons. The van der Waals surface area contributed by atoms with E-state index in [-0.39, 0.29) is 30.7 Å². The lowest BCUT2D eigenvalue weighted by Crippen LogP contribution is -2.45. The molecule has 1 rings (SSSR count). The van der Waals surface area contributed by atoms with Gasteiger partial charge in [-0.1, -0.05) is 13.8 Å². The van der Waals surface area contributed by atoms with E-state index in [0.717, 1.165) is 0 Å². The maximum absolute atomic E-state index is 11.8. The van der Waals surface area contributed by atoms with Crippen LogP contribution in [0.3, 0.4) is 0 Å². The molecule has 0 unspecified atom stereocenters. The molecule has 1 aromatic heterocycles. The lowest BCUT2D eigenvalue weighted by molar-refractivity contribution is -0.146. The molecule has 0 bridgehead atoms. The second-order valence-electron chi connectivity index (χ2n) is 4.83. The molecule has 0 aliphatic carbocycles. The van der Waals surface area contributed by atoms with Gasteiger partial charge in [0.25, 0.3) is 5.91 Å². The number of hydrogen-bond acceptors (Lipinski definition) is 5. The molecule has 2 amide bonds. The molecule has 1 heterocycles. The van der Waals surface area contributed by atoms with Gasteiger partial charge in [0.05, 0.1) is 7.11 Å². The van der Waals surface area contributed by atoms with Gasteiger partial charge in [0.1, 0.15) is 6.04 Å². The molecule has 21 heavy (non-hydrogen) atoms. The van der Waals surface area contributed by atoms with Gasteiger partial charge in [0.15, 0.2) is 0 Å². The highest BCUT2D eigenvalue weighted by Crippen LogP contribution is 2.05. The lowest BCUT2D eigenvalue weighted by Gasteiger charge is -2.19. The molecule has 1 atom stereocenters. The Morgan fingerprint density at radius 2 is 2.05 bits per heavy atom. The molecule has 7 heteroatoms. The van der Waals surface area contributed by atoms with Crippen LogP contribution in [0.4, 0.5) is 0 Å². The number of nitrogens with one attached hydrogen (secondary N) is 2. The van der Waals surface area contributed by atoms with Crippen molar-refractivity contribution in [1.29, 1.82) is 0 Å². The molecule has 0 aromatic carbocycles. The van der Waals surface area contributed by atoms with Gasteiger partial charge in [-0.25, -0.2) is 4.79 Å². The Labute approximate surface area is 127 Å². The summed E-state index contributed by atoms with van der Waals surface area (Å²) in [6, 6.07) is 1.04. The van der Waals surface area contributed by atoms with Crippen LogP contribution in [0.5, 0.6) is 0 Å². The highest BCUT2D eigenvalue weighted by Gasteiger charge is 2.24. The van der Waals surface area contributed by atoms with E-state index in [1.807, 2.05) is 19.2 Å². The summed E-state index contributed by atoms with van der Waals surface area (Å²) in [6.07, 6.45) is 0.107. The van der Waals surface area contributed by atoms with Gasteiger partial charge in [-0.2, -0.15) is 11.3 Å². The molecule has 0 saturated carbocycles. The van der Waals surface area contributed by atoms with Gasteiger partial charge in [0.2, 0.25) is 5.91 Å². The third-order valence-corrected chi connectivity index (χ3v) is 3.54. The van der Waals surface area contributed by atoms with Crippen LogP contribution in [0.1, 0.15) is 30.6 Å². The van der Waals surface area contributed by atoms with Gasteiger partial charge < -0.3 is 15.4 Å². The molecule has 0 aliphatic heterocycles. The largest absolute Gasteiger partial charge is 0.467 e. The van der Waals surface area contributed by atoms with Crippen LogP contribution in [-0.2, 0) is 14.3 Å². The summed E-state index contributed by atoms with van der Waals surface area (Å²) in [7, 11) is 1.28. The SMILES string of the molecule is COC(=O)[C@@H](NC(=O)CCNC(=O)c1ccsc1)C(C)C. The highest BCUT2D eigenvalue weighted by atomic mass is 32.1. The first kappa shape index (κ1) is 17.2. The normalized spacial score (nSPS) is 11.8. The zero-order valence-corrected chi connectivity index (χ0v) is 13.2. The summed E-state index contributed by atoms with van der Waals surface area (Å²) >= 11 is 1.43. The maximum atomic E-state index is 11.8. The summed E-state index contributed by atoms with van der Waals surface area (Å²) in [6.45, 7) is 3.85. The van der Waals surface area contributed by atoms with E-state index in [2.05, 4.69) is 15.4 Å². The summed E-state index contributed by atoms with van der Waals surface area (Å²) in [5, 5.41) is 8.81. The fourth-order valence-electron chi connectivity index (χ4n) is 1.66. The number of methoxy groups -OCH3 is 1. The van der Waals surface area contributed by atoms with Crippen molar-refractivity contribution in [3.8, 4) is 0 Å². The Morgan fingerprint density at radius 3 is 2.57 bits per heavy atom. The van der Waals surface area contributed by atoms with Crippen molar-refractivity contribution in [3.63, 3.8) is 0 Å². The van der Waals surface area contributed by atoms with Crippen molar-refractivity contribution in [2.75, 3.05) is 13.7 Å². The predicted molar refractivity (Wildman–Crippen MR) is 80.1 cm³/mol. The van der Waals surface area contributed by atoms with Crippen LogP contribution in [0.2, 0.25) is 0 Å². The second kappa shape index (κ2) is 8.41. The van der Waals surface area contributed by atoms with Crippen molar-refractivity contribution < 1.29 is 19.1 Å². The fraction of sp³-hybridized carbons (Fsp3) is 0.500. The topological polar surface area (TPSA) is 84.5 Å². The average molecular weight is 312 g/mol. The van der Waals surface area contributed by atoms with Gasteiger partial charge in [-0.05, 0) is 17.4 Å². The van der Waals surface area contributed by atoms with Crippen molar-refractivity contribution in [2.24, 2.45) is 5.92 Å². The number of esters is 1. The first-order valence-corrected chi connectivity index (χ1v) is 7.57. The molecular formula is C14H20N2O4S. The molecule has 1 aromatic rings. The number of ether oxygens (including phenoxy) is 1. The van der Waals surface area contributed by atoms with Crippen LogP contribution in [0.25, 0.3) is 0 Å². The van der Waals surface area contributed by atoms with E-state index in [1.165, 1.54) is 18.4 Å². The number of carbonyl (C=O) groups excluding carboxylic acids is 3. The van der Waals surface area contributed by atoms with E-state index in [0.29, 0.717) is 5.56 Å². The van der Waals surface area contributed by atoms with Crippen molar-refractivity contribution in [1.82, 2.24) is 10.6 Å². The van der Waals surface area contributed by atoms with Crippen LogP contribution < -0.4 is 10.6 Å². The van der Waals surface area contributed by atoms with Crippen molar-refractivity contribution >= 4 is 29.1 Å². The number of rotatable bonds is 7. The Morgan fingerprint density at radius 1 is 1.33 bits per heavy atom. The van der Waals surface area contributed by atoms with Gasteiger partial charge in [0, 0.05) is 23.9 Å². The Hall–Kier alpha value is -1.89. The third-order valence-electron chi connectivity index (χ3n) is 2.86. The molecule has 0 fully saturated rings. The van der Waals surface area contributed by atoms with Gasteiger partial charge in [-0.15, -0.1) is 0 Å². The van der Waals surface area contributed by atoms with Crippen LogP contribution >= 0.6 is 11.3 Å². The standard InChI is InChI=1S/C14H20N2O4S/c1-9(2)12(14(19)20-3)16-11(17)4-6-15-13(18)10-5-7-21-8-10/h5,7-9,12H,4,6H2,1-3H3,(H,15,18)(H,16,17)/t12-/m0/s1. The Kier molecular flexibility index (Phi) is 6.87. The lowest BCUT2D eigenvalue weighted by atomic mass is 10.0. The minimum Gasteiger partial charge on any atom is -0.467 e. The fourth-order valence-corrected chi connectivity index (χ4v) is 2.29. The molecule has 0 aliphatic rings. The summed E-state index contributed by atoms with van der Waals surface area (Å²) in [5.74, 6) is -1.05. The maximum Gasteiger partial charge on any atom is 0.328 e. The molecule has 0 saturated heterocycles. The zero-order valence-electron chi connectivity index (χ0n) is 12.3. The number of carbonyl (C=O) groups is 3. The summed E-state index contributed by atoms with van der Waals surface area (Å²) in [5.41, 5.74) is 0.579. The number of hydrogen-bond donors (Lipinski definition) is 2. The third kappa shape index (κ3) is 5.55. The zero-order chi connectivity index (χ0) is 15.8. The first-order chi connectivity index (χ1) is 9.95. The quantitative estimate of drug-likeness (QED) is 0.741. The van der Waals surface area contributed by atoms with Crippen molar-refractivity contribution in [2.45, 2.75) is 26.3 Å². The molecule has 2 N–H and O–H groups in total. The summed E-state index contributed by atoms with van der Waals surface area (Å²) < 4.78 is 4.64. The van der Waals surface area contributed by atoms with E-state index in [9.17, 15) is 14.4 Å². The molecule has 0 radical (unpaired) electrons.